The largest absolute Gasteiger partial charge is 0.393 e. The van der Waals surface area contributed by atoms with Crippen molar-refractivity contribution in [2.45, 2.75) is 0 Å². The summed E-state index contributed by atoms with van der Waals surface area (Å²) in [5.74, 6) is -0.511. The molecule has 0 aliphatic heterocycles. The molecule has 0 amide bonds. The molecule has 0 atom stereocenters. The molecule has 8 heteroatoms. The number of hydrogen-bond donors (Lipinski definition) is 1. The maximum Gasteiger partial charge on any atom is 0.365 e. The smallest absolute Gasteiger partial charge is 0.365 e. The number of pyridine rings is 1. The summed E-state index contributed by atoms with van der Waals surface area (Å²) in [6.45, 7) is 0. The van der Waals surface area contributed by atoms with E-state index in [0.29, 0.717) is 0 Å². The molecule has 0 fully saturated rings. The summed E-state index contributed by atoms with van der Waals surface area (Å²) in [6, 6.07) is 0.845. The maximum atomic E-state index is 10.2. The predicted octanol–water partition coefficient (Wildman–Crippen LogP) is 0.480. The lowest BCUT2D eigenvalue weighted by Crippen LogP contribution is -1.99. The minimum absolute atomic E-state index is 0.272. The zero-order chi connectivity index (χ0) is 10.0. The highest BCUT2D eigenvalue weighted by Crippen LogP contribution is 2.22. The van der Waals surface area contributed by atoms with Crippen LogP contribution in [0.15, 0.2) is 12.3 Å². The minimum atomic E-state index is -0.778. The number of nitro groups is 2. The maximum absolute atomic E-state index is 10.2. The number of anilines is 1. The van der Waals surface area contributed by atoms with E-state index >= 15 is 0 Å². The molecule has 0 radical (unpaired) electrons. The van der Waals surface area contributed by atoms with E-state index in [4.69, 9.17) is 5.73 Å². The van der Waals surface area contributed by atoms with Gasteiger partial charge in [0.25, 0.3) is 0 Å². The van der Waals surface area contributed by atoms with Gasteiger partial charge in [0.1, 0.15) is 5.69 Å². The summed E-state index contributed by atoms with van der Waals surface area (Å²) < 4.78 is 0. The summed E-state index contributed by atoms with van der Waals surface area (Å²) in [6.07, 6.45) is 0.757. The van der Waals surface area contributed by atoms with Gasteiger partial charge in [0, 0.05) is 0 Å². The Hall–Kier alpha value is -2.25. The minimum Gasteiger partial charge on any atom is -0.393 e. The second kappa shape index (κ2) is 3.01. The van der Waals surface area contributed by atoms with E-state index in [1.54, 1.807) is 0 Å². The van der Waals surface area contributed by atoms with Crippen molar-refractivity contribution in [1.82, 2.24) is 4.98 Å². The third kappa shape index (κ3) is 1.67. The topological polar surface area (TPSA) is 125 Å². The van der Waals surface area contributed by atoms with Crippen LogP contribution in [0.25, 0.3) is 0 Å². The molecule has 0 bridgehead atoms. The molecule has 68 valence electrons. The van der Waals surface area contributed by atoms with Crippen LogP contribution in [0.2, 0.25) is 0 Å². The molecule has 1 heterocycles. The van der Waals surface area contributed by atoms with Gasteiger partial charge in [-0.15, -0.1) is 0 Å². The molecule has 2 N–H and O–H groups in total. The van der Waals surface area contributed by atoms with E-state index in [2.05, 4.69) is 4.98 Å². The standard InChI is InChI=1S/C5H4N4O4/c6-3-1-5(9(12)13)7-2-4(3)8(10)11/h1-2H,(H2,6,7). The van der Waals surface area contributed by atoms with Crippen LogP contribution in [0, 0.1) is 20.2 Å². The van der Waals surface area contributed by atoms with Crippen molar-refractivity contribution in [3.05, 3.63) is 32.5 Å². The van der Waals surface area contributed by atoms with Gasteiger partial charge in [-0.1, -0.05) is 0 Å². The molecule has 0 unspecified atom stereocenters. The van der Waals surface area contributed by atoms with Crippen molar-refractivity contribution >= 4 is 17.2 Å². The van der Waals surface area contributed by atoms with Gasteiger partial charge < -0.3 is 15.8 Å². The lowest BCUT2D eigenvalue weighted by atomic mass is 10.3. The van der Waals surface area contributed by atoms with E-state index in [0.717, 1.165) is 12.3 Å². The fourth-order valence-corrected chi connectivity index (χ4v) is 0.705. The normalized spacial score (nSPS) is 9.54. The van der Waals surface area contributed by atoms with Crippen molar-refractivity contribution in [3.8, 4) is 0 Å². The van der Waals surface area contributed by atoms with E-state index in [9.17, 15) is 20.2 Å². The Bertz CT molecular complexity index is 377. The third-order valence-corrected chi connectivity index (χ3v) is 1.28. The van der Waals surface area contributed by atoms with Crippen molar-refractivity contribution in [1.29, 1.82) is 0 Å². The average molecular weight is 184 g/mol. The van der Waals surface area contributed by atoms with Crippen molar-refractivity contribution in [2.75, 3.05) is 5.73 Å². The van der Waals surface area contributed by atoms with Crippen LogP contribution in [0.3, 0.4) is 0 Å². The molecule has 0 aliphatic rings. The Balaban J connectivity index is 3.20. The van der Waals surface area contributed by atoms with E-state index in [1.807, 2.05) is 0 Å². The first-order chi connectivity index (χ1) is 6.02. The van der Waals surface area contributed by atoms with E-state index in [-0.39, 0.29) is 5.69 Å². The number of nitrogens with two attached hydrogens (primary N) is 1. The molecule has 1 rings (SSSR count). The van der Waals surface area contributed by atoms with Crippen LogP contribution in [0.5, 0.6) is 0 Å². The first-order valence-electron chi connectivity index (χ1n) is 3.06. The van der Waals surface area contributed by atoms with Gasteiger partial charge in [0.15, 0.2) is 0 Å². The third-order valence-electron chi connectivity index (χ3n) is 1.28. The molecule has 1 aromatic rings. The number of hydrogen-bond acceptors (Lipinski definition) is 6. The molecule has 0 aliphatic carbocycles. The number of aromatic nitrogens is 1. The van der Waals surface area contributed by atoms with Crippen molar-refractivity contribution < 1.29 is 9.85 Å². The molecule has 0 saturated carbocycles. The van der Waals surface area contributed by atoms with Crippen molar-refractivity contribution in [3.63, 3.8) is 0 Å². The van der Waals surface area contributed by atoms with Gasteiger partial charge in [-0.3, -0.25) is 10.1 Å². The lowest BCUT2D eigenvalue weighted by molar-refractivity contribution is -0.392. The van der Waals surface area contributed by atoms with Crippen LogP contribution in [-0.4, -0.2) is 14.8 Å². The monoisotopic (exact) mass is 184 g/mol. The summed E-state index contributed by atoms with van der Waals surface area (Å²) in [4.78, 5) is 22.1. The zero-order valence-electron chi connectivity index (χ0n) is 6.21. The molecule has 8 nitrogen and oxygen atoms in total. The predicted molar refractivity (Wildman–Crippen MR) is 42.0 cm³/mol. The Kier molecular flexibility index (Phi) is 2.05. The van der Waals surface area contributed by atoms with Gasteiger partial charge in [-0.25, -0.2) is 0 Å². The van der Waals surface area contributed by atoms with Crippen LogP contribution in [-0.2, 0) is 0 Å². The zero-order valence-corrected chi connectivity index (χ0v) is 6.21. The van der Waals surface area contributed by atoms with Crippen LogP contribution >= 0.6 is 0 Å². The summed E-state index contributed by atoms with van der Waals surface area (Å²) in [7, 11) is 0. The summed E-state index contributed by atoms with van der Waals surface area (Å²) in [5, 5.41) is 20.4. The van der Waals surface area contributed by atoms with Crippen LogP contribution in [0.4, 0.5) is 17.2 Å². The average Bonchev–Trinajstić information content (AvgIpc) is 2.03. The Labute approximate surface area is 71.3 Å². The first kappa shape index (κ1) is 8.84. The molecule has 13 heavy (non-hydrogen) atoms. The Morgan fingerprint density at radius 1 is 1.31 bits per heavy atom. The van der Waals surface area contributed by atoms with Crippen LogP contribution in [0.1, 0.15) is 0 Å². The first-order valence-corrected chi connectivity index (χ1v) is 3.06. The number of nitrogen functional groups attached to an aromatic ring is 1. The van der Waals surface area contributed by atoms with Gasteiger partial charge >= 0.3 is 11.5 Å². The van der Waals surface area contributed by atoms with Gasteiger partial charge in [-0.05, 0) is 9.91 Å². The summed E-state index contributed by atoms with van der Waals surface area (Å²) >= 11 is 0. The molecule has 0 aromatic carbocycles. The van der Waals surface area contributed by atoms with Crippen LogP contribution < -0.4 is 5.73 Å². The highest BCUT2D eigenvalue weighted by molar-refractivity contribution is 5.59. The highest BCUT2D eigenvalue weighted by Gasteiger charge is 2.18. The van der Waals surface area contributed by atoms with E-state index < -0.39 is 21.4 Å². The molecule has 0 saturated heterocycles. The summed E-state index contributed by atoms with van der Waals surface area (Å²) in [5.41, 5.74) is 4.46. The fourth-order valence-electron chi connectivity index (χ4n) is 0.705. The second-order valence-electron chi connectivity index (χ2n) is 2.12. The van der Waals surface area contributed by atoms with E-state index in [1.165, 1.54) is 0 Å². The van der Waals surface area contributed by atoms with Crippen molar-refractivity contribution in [2.24, 2.45) is 0 Å². The SMILES string of the molecule is Nc1cc([N+](=O)[O-])ncc1[N+](=O)[O-]. The lowest BCUT2D eigenvalue weighted by Gasteiger charge is -1.94. The van der Waals surface area contributed by atoms with Gasteiger partial charge in [0.05, 0.1) is 11.0 Å². The molecular formula is C5H4N4O4. The highest BCUT2D eigenvalue weighted by atomic mass is 16.6. The molecule has 0 spiro atoms. The quantitative estimate of drug-likeness (QED) is 0.526. The van der Waals surface area contributed by atoms with Gasteiger partial charge in [-0.2, -0.15) is 0 Å². The number of nitrogens with zero attached hydrogens (tertiary/aromatic N) is 3. The molecule has 1 aromatic heterocycles. The number of rotatable bonds is 2. The molecular weight excluding hydrogens is 180 g/mol. The Morgan fingerprint density at radius 3 is 2.31 bits per heavy atom. The fraction of sp³-hybridized carbons (Fsp3) is 0. The van der Waals surface area contributed by atoms with Gasteiger partial charge in [0.2, 0.25) is 6.20 Å². The second-order valence-corrected chi connectivity index (χ2v) is 2.12. The Morgan fingerprint density at radius 2 is 1.92 bits per heavy atom.